The summed E-state index contributed by atoms with van der Waals surface area (Å²) in [5.41, 5.74) is 0. The van der Waals surface area contributed by atoms with Crippen LogP contribution in [0.2, 0.25) is 5.02 Å². The predicted octanol–water partition coefficient (Wildman–Crippen LogP) is 2.43. The van der Waals surface area contributed by atoms with Crippen molar-refractivity contribution in [2.45, 2.75) is 25.9 Å². The molecular weight excluding hydrogens is 282 g/mol. The Bertz CT molecular complexity index is 478. The standard InChI is InChI=1S/C14H18ClNO4/c1-10(20-12-6-3-5-11(15)9-12)14(19)16(2)8-4-7-13(17)18/h3,5-6,9-10H,4,7-8H2,1-2H3,(H,17,18). The molecule has 1 unspecified atom stereocenters. The van der Waals surface area contributed by atoms with Crippen molar-refractivity contribution in [2.24, 2.45) is 0 Å². The number of carbonyl (C=O) groups is 2. The molecule has 0 aliphatic carbocycles. The molecule has 0 heterocycles. The van der Waals surface area contributed by atoms with Crippen LogP contribution < -0.4 is 4.74 Å². The number of likely N-dealkylation sites (N-methyl/N-ethyl adjacent to an activating group) is 1. The zero-order chi connectivity index (χ0) is 15.1. The fraction of sp³-hybridized carbons (Fsp3) is 0.429. The quantitative estimate of drug-likeness (QED) is 0.839. The van der Waals surface area contributed by atoms with Gasteiger partial charge in [0.25, 0.3) is 5.91 Å². The summed E-state index contributed by atoms with van der Waals surface area (Å²) < 4.78 is 5.51. The third-order valence-electron chi connectivity index (χ3n) is 2.72. The highest BCUT2D eigenvalue weighted by molar-refractivity contribution is 6.30. The van der Waals surface area contributed by atoms with Crippen molar-refractivity contribution >= 4 is 23.5 Å². The summed E-state index contributed by atoms with van der Waals surface area (Å²) in [5.74, 6) is -0.540. The van der Waals surface area contributed by atoms with Crippen molar-refractivity contribution in [3.8, 4) is 5.75 Å². The molecule has 0 bridgehead atoms. The fourth-order valence-electron chi connectivity index (χ4n) is 1.68. The molecule has 0 fully saturated rings. The molecule has 1 rings (SSSR count). The van der Waals surface area contributed by atoms with E-state index in [-0.39, 0.29) is 12.3 Å². The molecule has 0 aliphatic rings. The van der Waals surface area contributed by atoms with Gasteiger partial charge in [-0.1, -0.05) is 17.7 Å². The second kappa shape index (κ2) is 7.75. The van der Waals surface area contributed by atoms with Gasteiger partial charge >= 0.3 is 5.97 Å². The molecule has 0 saturated heterocycles. The molecule has 5 nitrogen and oxygen atoms in total. The number of rotatable bonds is 7. The largest absolute Gasteiger partial charge is 0.481 e. The Labute approximate surface area is 123 Å². The molecule has 0 aromatic heterocycles. The SMILES string of the molecule is CC(Oc1cccc(Cl)c1)C(=O)N(C)CCCC(=O)O. The number of hydrogen-bond acceptors (Lipinski definition) is 3. The molecule has 0 spiro atoms. The van der Waals surface area contributed by atoms with Crippen LogP contribution in [0, 0.1) is 0 Å². The number of amides is 1. The van der Waals surface area contributed by atoms with Gasteiger partial charge in [-0.15, -0.1) is 0 Å². The lowest BCUT2D eigenvalue weighted by atomic mass is 10.2. The van der Waals surface area contributed by atoms with Gasteiger partial charge in [0.05, 0.1) is 0 Å². The third kappa shape index (κ3) is 5.48. The van der Waals surface area contributed by atoms with Crippen LogP contribution in [0.25, 0.3) is 0 Å². The second-order valence-corrected chi connectivity index (χ2v) is 4.91. The Morgan fingerprint density at radius 3 is 2.75 bits per heavy atom. The Morgan fingerprint density at radius 1 is 1.45 bits per heavy atom. The van der Waals surface area contributed by atoms with E-state index in [9.17, 15) is 9.59 Å². The summed E-state index contributed by atoms with van der Waals surface area (Å²) in [4.78, 5) is 23.9. The molecule has 0 saturated carbocycles. The van der Waals surface area contributed by atoms with Gasteiger partial charge in [-0.25, -0.2) is 0 Å². The zero-order valence-electron chi connectivity index (χ0n) is 11.5. The number of carbonyl (C=O) groups excluding carboxylic acids is 1. The maximum atomic E-state index is 12.0. The van der Waals surface area contributed by atoms with Gasteiger partial charge in [0.1, 0.15) is 5.75 Å². The van der Waals surface area contributed by atoms with Gasteiger partial charge in [-0.05, 0) is 31.5 Å². The zero-order valence-corrected chi connectivity index (χ0v) is 12.3. The third-order valence-corrected chi connectivity index (χ3v) is 2.95. The molecule has 1 amide bonds. The number of aliphatic carboxylic acids is 1. The first kappa shape index (κ1) is 16.3. The summed E-state index contributed by atoms with van der Waals surface area (Å²) in [7, 11) is 1.63. The minimum Gasteiger partial charge on any atom is -0.481 e. The predicted molar refractivity (Wildman–Crippen MR) is 76.0 cm³/mol. The second-order valence-electron chi connectivity index (χ2n) is 4.47. The Morgan fingerprint density at radius 2 is 2.15 bits per heavy atom. The Balaban J connectivity index is 2.47. The van der Waals surface area contributed by atoms with Gasteiger partial charge in [0.15, 0.2) is 6.10 Å². The van der Waals surface area contributed by atoms with Gasteiger partial charge in [-0.3, -0.25) is 9.59 Å². The van der Waals surface area contributed by atoms with E-state index in [1.165, 1.54) is 4.90 Å². The van der Waals surface area contributed by atoms with Crippen molar-refractivity contribution in [3.63, 3.8) is 0 Å². The summed E-state index contributed by atoms with van der Waals surface area (Å²) >= 11 is 5.84. The van der Waals surface area contributed by atoms with E-state index in [1.807, 2.05) is 0 Å². The van der Waals surface area contributed by atoms with E-state index in [4.69, 9.17) is 21.4 Å². The maximum Gasteiger partial charge on any atom is 0.303 e. The highest BCUT2D eigenvalue weighted by Gasteiger charge is 2.19. The molecule has 20 heavy (non-hydrogen) atoms. The van der Waals surface area contributed by atoms with Crippen molar-refractivity contribution < 1.29 is 19.4 Å². The number of benzene rings is 1. The van der Waals surface area contributed by atoms with E-state index >= 15 is 0 Å². The van der Waals surface area contributed by atoms with Crippen LogP contribution in [0.4, 0.5) is 0 Å². The summed E-state index contributed by atoms with van der Waals surface area (Å²) in [6, 6.07) is 6.82. The Hall–Kier alpha value is -1.75. The van der Waals surface area contributed by atoms with Crippen molar-refractivity contribution in [1.82, 2.24) is 4.90 Å². The minimum absolute atomic E-state index is 0.0428. The van der Waals surface area contributed by atoms with Crippen LogP contribution >= 0.6 is 11.6 Å². The first-order valence-electron chi connectivity index (χ1n) is 6.29. The number of hydrogen-bond donors (Lipinski definition) is 1. The van der Waals surface area contributed by atoms with Crippen molar-refractivity contribution in [1.29, 1.82) is 0 Å². The number of carboxylic acids is 1. The molecule has 1 aromatic rings. The van der Waals surface area contributed by atoms with Gasteiger partial charge < -0.3 is 14.7 Å². The monoisotopic (exact) mass is 299 g/mol. The fourth-order valence-corrected chi connectivity index (χ4v) is 1.86. The first-order chi connectivity index (χ1) is 9.40. The summed E-state index contributed by atoms with van der Waals surface area (Å²) in [6.07, 6.45) is -0.189. The molecule has 0 aliphatic heterocycles. The van der Waals surface area contributed by atoms with Gasteiger partial charge in [0, 0.05) is 25.0 Å². The van der Waals surface area contributed by atoms with Crippen molar-refractivity contribution in [2.75, 3.05) is 13.6 Å². The first-order valence-corrected chi connectivity index (χ1v) is 6.67. The molecule has 6 heteroatoms. The van der Waals surface area contributed by atoms with E-state index in [0.717, 1.165) is 0 Å². The molecule has 1 aromatic carbocycles. The summed E-state index contributed by atoms with van der Waals surface area (Å²) in [6.45, 7) is 2.03. The van der Waals surface area contributed by atoms with E-state index in [0.29, 0.717) is 23.7 Å². The highest BCUT2D eigenvalue weighted by Crippen LogP contribution is 2.18. The molecule has 1 atom stereocenters. The minimum atomic E-state index is -0.867. The van der Waals surface area contributed by atoms with Gasteiger partial charge in [-0.2, -0.15) is 0 Å². The number of carboxylic acid groups (broad SMARTS) is 1. The lowest BCUT2D eigenvalue weighted by Crippen LogP contribution is -2.38. The van der Waals surface area contributed by atoms with Crippen LogP contribution in [-0.4, -0.2) is 41.6 Å². The number of nitrogens with zero attached hydrogens (tertiary/aromatic N) is 1. The topological polar surface area (TPSA) is 66.8 Å². The normalized spacial score (nSPS) is 11.8. The van der Waals surface area contributed by atoms with Crippen LogP contribution in [0.3, 0.4) is 0 Å². The molecule has 0 radical (unpaired) electrons. The van der Waals surface area contributed by atoms with E-state index in [1.54, 1.807) is 38.2 Å². The van der Waals surface area contributed by atoms with E-state index < -0.39 is 12.1 Å². The van der Waals surface area contributed by atoms with Crippen LogP contribution in [0.5, 0.6) is 5.75 Å². The number of halogens is 1. The van der Waals surface area contributed by atoms with Crippen LogP contribution in [0.1, 0.15) is 19.8 Å². The smallest absolute Gasteiger partial charge is 0.303 e. The van der Waals surface area contributed by atoms with Crippen LogP contribution in [-0.2, 0) is 9.59 Å². The average molecular weight is 300 g/mol. The molecule has 110 valence electrons. The molecular formula is C14H18ClNO4. The lowest BCUT2D eigenvalue weighted by Gasteiger charge is -2.22. The molecule has 1 N–H and O–H groups in total. The van der Waals surface area contributed by atoms with Gasteiger partial charge in [0.2, 0.25) is 0 Å². The summed E-state index contributed by atoms with van der Waals surface area (Å²) in [5, 5.41) is 9.09. The van der Waals surface area contributed by atoms with E-state index in [2.05, 4.69) is 0 Å². The maximum absolute atomic E-state index is 12.0. The number of ether oxygens (including phenoxy) is 1. The highest BCUT2D eigenvalue weighted by atomic mass is 35.5. The Kier molecular flexibility index (Phi) is 6.31. The average Bonchev–Trinajstić information content (AvgIpc) is 2.37. The van der Waals surface area contributed by atoms with Crippen LogP contribution in [0.15, 0.2) is 24.3 Å². The van der Waals surface area contributed by atoms with Crippen molar-refractivity contribution in [3.05, 3.63) is 29.3 Å². The lowest BCUT2D eigenvalue weighted by molar-refractivity contribution is -0.139.